The average Bonchev–Trinajstić information content (AvgIpc) is 3.01. The minimum Gasteiger partial charge on any atom is -0.369 e. The van der Waals surface area contributed by atoms with Gasteiger partial charge in [-0.15, -0.1) is 0 Å². The molecule has 2 aromatic heterocycles. The molecular formula is C20H25N5O. The average molecular weight is 351 g/mol. The summed E-state index contributed by atoms with van der Waals surface area (Å²) in [5.74, 6) is 0.932. The van der Waals surface area contributed by atoms with Gasteiger partial charge >= 0.3 is 0 Å². The summed E-state index contributed by atoms with van der Waals surface area (Å²) in [6, 6.07) is 8.46. The van der Waals surface area contributed by atoms with E-state index in [-0.39, 0.29) is 11.9 Å². The van der Waals surface area contributed by atoms with E-state index in [4.69, 9.17) is 4.98 Å². The molecule has 1 atom stereocenters. The van der Waals surface area contributed by atoms with Crippen LogP contribution in [-0.2, 0) is 4.79 Å². The van der Waals surface area contributed by atoms with Gasteiger partial charge in [-0.25, -0.2) is 4.98 Å². The number of benzene rings is 1. The molecule has 6 heteroatoms. The standard InChI is InChI=1S/C20H25N5O/c1-4-15(3)23-18(26)9-10-22-20-19(16-7-5-14(2)6-8-16)24-17-13-21-11-12-25(17)20/h5-8,11-13,15,22H,4,9-10H2,1-3H3,(H,23,26). The topological polar surface area (TPSA) is 71.3 Å². The highest BCUT2D eigenvalue weighted by atomic mass is 16.1. The molecule has 1 amide bonds. The Balaban J connectivity index is 1.81. The smallest absolute Gasteiger partial charge is 0.221 e. The molecule has 0 aliphatic heterocycles. The van der Waals surface area contributed by atoms with E-state index in [9.17, 15) is 4.79 Å². The number of amides is 1. The van der Waals surface area contributed by atoms with Gasteiger partial charge in [-0.2, -0.15) is 0 Å². The first-order valence-corrected chi connectivity index (χ1v) is 9.01. The fraction of sp³-hybridized carbons (Fsp3) is 0.350. The van der Waals surface area contributed by atoms with Gasteiger partial charge in [0, 0.05) is 37.0 Å². The van der Waals surface area contributed by atoms with Crippen molar-refractivity contribution in [2.45, 2.75) is 39.7 Å². The molecule has 3 aromatic rings. The number of carbonyl (C=O) groups excluding carboxylic acids is 1. The zero-order valence-corrected chi connectivity index (χ0v) is 15.5. The van der Waals surface area contributed by atoms with Crippen molar-refractivity contribution in [2.24, 2.45) is 0 Å². The number of anilines is 1. The van der Waals surface area contributed by atoms with Gasteiger partial charge in [0.15, 0.2) is 5.65 Å². The molecule has 0 aliphatic rings. The second-order valence-corrected chi connectivity index (χ2v) is 6.53. The summed E-state index contributed by atoms with van der Waals surface area (Å²) in [5, 5.41) is 6.37. The van der Waals surface area contributed by atoms with Crippen LogP contribution in [0, 0.1) is 6.92 Å². The van der Waals surface area contributed by atoms with E-state index in [1.807, 2.05) is 17.5 Å². The number of aryl methyl sites for hydroxylation is 1. The predicted octanol–water partition coefficient (Wildman–Crippen LogP) is 3.42. The van der Waals surface area contributed by atoms with Gasteiger partial charge in [0.25, 0.3) is 0 Å². The maximum atomic E-state index is 12.0. The van der Waals surface area contributed by atoms with Crippen LogP contribution >= 0.6 is 0 Å². The number of carbonyl (C=O) groups is 1. The number of rotatable bonds is 7. The number of nitrogens with zero attached hydrogens (tertiary/aromatic N) is 3. The number of fused-ring (bicyclic) bond motifs is 1. The molecule has 0 bridgehead atoms. The molecule has 0 saturated heterocycles. The number of imidazole rings is 1. The van der Waals surface area contributed by atoms with E-state index in [1.165, 1.54) is 5.56 Å². The van der Waals surface area contributed by atoms with Gasteiger partial charge in [0.2, 0.25) is 5.91 Å². The Bertz CT molecular complexity index is 885. The van der Waals surface area contributed by atoms with Crippen LogP contribution in [0.3, 0.4) is 0 Å². The maximum absolute atomic E-state index is 12.0. The minimum atomic E-state index is 0.0548. The number of aromatic nitrogens is 3. The van der Waals surface area contributed by atoms with Crippen LogP contribution in [0.2, 0.25) is 0 Å². The Morgan fingerprint density at radius 1 is 1.27 bits per heavy atom. The van der Waals surface area contributed by atoms with Gasteiger partial charge < -0.3 is 10.6 Å². The Morgan fingerprint density at radius 2 is 2.04 bits per heavy atom. The maximum Gasteiger partial charge on any atom is 0.221 e. The number of nitrogens with one attached hydrogen (secondary N) is 2. The fourth-order valence-electron chi connectivity index (χ4n) is 2.73. The van der Waals surface area contributed by atoms with Crippen molar-refractivity contribution in [1.29, 1.82) is 0 Å². The molecule has 2 heterocycles. The zero-order chi connectivity index (χ0) is 18.5. The molecule has 26 heavy (non-hydrogen) atoms. The molecule has 1 unspecified atom stereocenters. The van der Waals surface area contributed by atoms with Crippen LogP contribution in [0.5, 0.6) is 0 Å². The second kappa shape index (κ2) is 7.99. The van der Waals surface area contributed by atoms with E-state index in [0.29, 0.717) is 13.0 Å². The van der Waals surface area contributed by atoms with Crippen molar-refractivity contribution >= 4 is 17.4 Å². The third-order valence-electron chi connectivity index (χ3n) is 4.42. The lowest BCUT2D eigenvalue weighted by molar-refractivity contribution is -0.121. The van der Waals surface area contributed by atoms with Crippen molar-refractivity contribution in [1.82, 2.24) is 19.7 Å². The van der Waals surface area contributed by atoms with Gasteiger partial charge in [0.1, 0.15) is 11.5 Å². The molecule has 0 aliphatic carbocycles. The molecule has 3 rings (SSSR count). The van der Waals surface area contributed by atoms with Crippen LogP contribution in [0.1, 0.15) is 32.3 Å². The first-order chi connectivity index (χ1) is 12.6. The molecule has 0 radical (unpaired) electrons. The highest BCUT2D eigenvalue weighted by Crippen LogP contribution is 2.28. The number of hydrogen-bond acceptors (Lipinski definition) is 4. The Kier molecular flexibility index (Phi) is 5.51. The summed E-state index contributed by atoms with van der Waals surface area (Å²) in [4.78, 5) is 20.9. The summed E-state index contributed by atoms with van der Waals surface area (Å²) < 4.78 is 1.97. The predicted molar refractivity (Wildman–Crippen MR) is 104 cm³/mol. The molecule has 1 aromatic carbocycles. The Morgan fingerprint density at radius 3 is 2.77 bits per heavy atom. The minimum absolute atomic E-state index is 0.0548. The molecule has 2 N–H and O–H groups in total. The quantitative estimate of drug-likeness (QED) is 0.684. The molecule has 0 fully saturated rings. The van der Waals surface area contributed by atoms with Crippen molar-refractivity contribution < 1.29 is 4.79 Å². The summed E-state index contributed by atoms with van der Waals surface area (Å²) >= 11 is 0. The first kappa shape index (κ1) is 17.9. The molecule has 0 saturated carbocycles. The Labute approximate surface area is 153 Å². The van der Waals surface area contributed by atoms with Crippen molar-refractivity contribution in [3.63, 3.8) is 0 Å². The fourth-order valence-corrected chi connectivity index (χ4v) is 2.73. The highest BCUT2D eigenvalue weighted by molar-refractivity contribution is 5.78. The van der Waals surface area contributed by atoms with Gasteiger partial charge in [-0.05, 0) is 20.3 Å². The highest BCUT2D eigenvalue weighted by Gasteiger charge is 2.14. The summed E-state index contributed by atoms with van der Waals surface area (Å²) in [7, 11) is 0. The first-order valence-electron chi connectivity index (χ1n) is 9.01. The van der Waals surface area contributed by atoms with Crippen LogP contribution in [0.15, 0.2) is 42.9 Å². The SMILES string of the molecule is CCC(C)NC(=O)CCNc1c(-c2ccc(C)cc2)nc2cnccn12. The third kappa shape index (κ3) is 4.02. The van der Waals surface area contributed by atoms with Gasteiger partial charge in [-0.1, -0.05) is 36.8 Å². The van der Waals surface area contributed by atoms with E-state index >= 15 is 0 Å². The zero-order valence-electron chi connectivity index (χ0n) is 15.5. The van der Waals surface area contributed by atoms with E-state index in [1.54, 1.807) is 12.4 Å². The molecule has 0 spiro atoms. The lowest BCUT2D eigenvalue weighted by Gasteiger charge is -2.12. The Hall–Kier alpha value is -2.89. The summed E-state index contributed by atoms with van der Waals surface area (Å²) in [5.41, 5.74) is 3.87. The van der Waals surface area contributed by atoms with Gasteiger partial charge in [0.05, 0.1) is 6.20 Å². The van der Waals surface area contributed by atoms with Crippen LogP contribution in [0.25, 0.3) is 16.9 Å². The van der Waals surface area contributed by atoms with Crippen LogP contribution in [0.4, 0.5) is 5.82 Å². The lowest BCUT2D eigenvalue weighted by Crippen LogP contribution is -2.33. The van der Waals surface area contributed by atoms with Crippen LogP contribution < -0.4 is 10.6 Å². The van der Waals surface area contributed by atoms with Crippen molar-refractivity contribution in [3.8, 4) is 11.3 Å². The van der Waals surface area contributed by atoms with Crippen molar-refractivity contribution in [2.75, 3.05) is 11.9 Å². The van der Waals surface area contributed by atoms with Crippen LogP contribution in [-0.4, -0.2) is 32.9 Å². The largest absolute Gasteiger partial charge is 0.369 e. The summed E-state index contributed by atoms with van der Waals surface area (Å²) in [6.07, 6.45) is 6.68. The molecule has 136 valence electrons. The normalized spacial score (nSPS) is 12.1. The van der Waals surface area contributed by atoms with Crippen molar-refractivity contribution in [3.05, 3.63) is 48.4 Å². The second-order valence-electron chi connectivity index (χ2n) is 6.53. The van der Waals surface area contributed by atoms with E-state index in [0.717, 1.165) is 29.1 Å². The molecule has 6 nitrogen and oxygen atoms in total. The summed E-state index contributed by atoms with van der Waals surface area (Å²) in [6.45, 7) is 6.67. The lowest BCUT2D eigenvalue weighted by atomic mass is 10.1. The monoisotopic (exact) mass is 351 g/mol. The van der Waals surface area contributed by atoms with Gasteiger partial charge in [-0.3, -0.25) is 14.2 Å². The van der Waals surface area contributed by atoms with E-state index in [2.05, 4.69) is 53.7 Å². The number of hydrogen-bond donors (Lipinski definition) is 2. The van der Waals surface area contributed by atoms with E-state index < -0.39 is 0 Å². The third-order valence-corrected chi connectivity index (χ3v) is 4.42. The molecular weight excluding hydrogens is 326 g/mol.